The van der Waals surface area contributed by atoms with Crippen molar-refractivity contribution in [3.05, 3.63) is 45.6 Å². The van der Waals surface area contributed by atoms with Crippen LogP contribution in [0.2, 0.25) is 0 Å². The van der Waals surface area contributed by atoms with E-state index < -0.39 is 17.7 Å². The van der Waals surface area contributed by atoms with Crippen LogP contribution in [0, 0.1) is 5.82 Å². The molecule has 1 aromatic heterocycles. The van der Waals surface area contributed by atoms with Crippen molar-refractivity contribution in [2.24, 2.45) is 0 Å². The van der Waals surface area contributed by atoms with Crippen LogP contribution in [0.5, 0.6) is 5.75 Å². The Hall–Kier alpha value is -2.41. The molecule has 7 heteroatoms. The predicted octanol–water partition coefficient (Wildman–Crippen LogP) is 4.20. The summed E-state index contributed by atoms with van der Waals surface area (Å²) in [7, 11) is 1.36. The number of ether oxygens (including phenoxy) is 2. The Balaban J connectivity index is 1.91. The molecule has 1 aromatic carbocycles. The first kappa shape index (κ1) is 18.4. The minimum atomic E-state index is -0.615. The molecule has 1 heterocycles. The number of anilines is 1. The molecule has 0 aliphatic heterocycles. The monoisotopic (exact) mass is 377 g/mol. The maximum atomic E-state index is 13.9. The highest BCUT2D eigenvalue weighted by Gasteiger charge is 2.27. The van der Waals surface area contributed by atoms with Gasteiger partial charge in [-0.25, -0.2) is 9.18 Å². The van der Waals surface area contributed by atoms with E-state index in [2.05, 4.69) is 5.32 Å². The standard InChI is InChI=1S/C19H20FNO4S/c1-3-25-19(23)16-12-6-4-5-7-15(12)26-18(16)21-17(22)11-8-9-14(24-2)13(20)10-11/h8-10H,3-7H2,1-2H3,(H,21,22). The van der Waals surface area contributed by atoms with Crippen molar-refractivity contribution in [3.8, 4) is 5.75 Å². The van der Waals surface area contributed by atoms with Crippen LogP contribution < -0.4 is 10.1 Å². The van der Waals surface area contributed by atoms with E-state index in [1.165, 1.54) is 30.6 Å². The van der Waals surface area contributed by atoms with E-state index in [0.717, 1.165) is 42.2 Å². The summed E-state index contributed by atoms with van der Waals surface area (Å²) in [5.74, 6) is -1.45. The van der Waals surface area contributed by atoms with E-state index in [0.29, 0.717) is 10.6 Å². The molecule has 0 saturated heterocycles. The summed E-state index contributed by atoms with van der Waals surface area (Å²) in [4.78, 5) is 26.1. The first-order chi connectivity index (χ1) is 12.5. The van der Waals surface area contributed by atoms with Gasteiger partial charge in [-0.15, -0.1) is 11.3 Å². The number of amides is 1. The largest absolute Gasteiger partial charge is 0.494 e. The highest BCUT2D eigenvalue weighted by atomic mass is 32.1. The Labute approximate surface area is 155 Å². The molecule has 0 spiro atoms. The lowest BCUT2D eigenvalue weighted by Crippen LogP contribution is -2.16. The smallest absolute Gasteiger partial charge is 0.341 e. The number of carbonyl (C=O) groups excluding carboxylic acids is 2. The summed E-state index contributed by atoms with van der Waals surface area (Å²) in [5.41, 5.74) is 1.56. The van der Waals surface area contributed by atoms with Gasteiger partial charge >= 0.3 is 5.97 Å². The first-order valence-electron chi connectivity index (χ1n) is 8.51. The highest BCUT2D eigenvalue weighted by molar-refractivity contribution is 7.17. The summed E-state index contributed by atoms with van der Waals surface area (Å²) in [6.07, 6.45) is 3.76. The third-order valence-corrected chi connectivity index (χ3v) is 5.50. The van der Waals surface area contributed by atoms with Crippen LogP contribution in [0.15, 0.2) is 18.2 Å². The molecule has 0 saturated carbocycles. The third-order valence-electron chi connectivity index (χ3n) is 4.29. The van der Waals surface area contributed by atoms with Crippen LogP contribution >= 0.6 is 11.3 Å². The van der Waals surface area contributed by atoms with Gasteiger partial charge in [0.15, 0.2) is 11.6 Å². The minimum Gasteiger partial charge on any atom is -0.494 e. The molecule has 2 aromatic rings. The minimum absolute atomic E-state index is 0.0698. The fraction of sp³-hybridized carbons (Fsp3) is 0.368. The molecule has 1 aliphatic carbocycles. The summed E-state index contributed by atoms with van der Waals surface area (Å²) < 4.78 is 23.9. The Kier molecular flexibility index (Phi) is 5.56. The fourth-order valence-corrected chi connectivity index (χ4v) is 4.33. The van der Waals surface area contributed by atoms with Crippen LogP contribution in [-0.4, -0.2) is 25.6 Å². The van der Waals surface area contributed by atoms with Crippen molar-refractivity contribution in [1.82, 2.24) is 0 Å². The second-order valence-corrected chi connectivity index (χ2v) is 7.04. The third kappa shape index (κ3) is 3.58. The quantitative estimate of drug-likeness (QED) is 0.793. The lowest BCUT2D eigenvalue weighted by molar-refractivity contribution is 0.0526. The van der Waals surface area contributed by atoms with Crippen molar-refractivity contribution in [2.75, 3.05) is 19.0 Å². The topological polar surface area (TPSA) is 64.6 Å². The Morgan fingerprint density at radius 1 is 1.27 bits per heavy atom. The number of aryl methyl sites for hydroxylation is 1. The lowest BCUT2D eigenvalue weighted by atomic mass is 9.95. The van der Waals surface area contributed by atoms with Crippen molar-refractivity contribution >= 4 is 28.2 Å². The SMILES string of the molecule is CCOC(=O)c1c(NC(=O)c2ccc(OC)c(F)c2)sc2c1CCCC2. The van der Waals surface area contributed by atoms with E-state index in [4.69, 9.17) is 9.47 Å². The Morgan fingerprint density at radius 2 is 2.04 bits per heavy atom. The zero-order chi connectivity index (χ0) is 18.7. The number of carbonyl (C=O) groups is 2. The summed E-state index contributed by atoms with van der Waals surface area (Å²) in [6, 6.07) is 4.00. The van der Waals surface area contributed by atoms with Crippen LogP contribution in [0.25, 0.3) is 0 Å². The van der Waals surface area contributed by atoms with Gasteiger partial charge in [0.1, 0.15) is 5.00 Å². The molecule has 1 amide bonds. The van der Waals surface area contributed by atoms with Crippen LogP contribution in [0.4, 0.5) is 9.39 Å². The molecule has 1 aliphatic rings. The second kappa shape index (κ2) is 7.86. The van der Waals surface area contributed by atoms with Crippen molar-refractivity contribution in [1.29, 1.82) is 0 Å². The maximum Gasteiger partial charge on any atom is 0.341 e. The van der Waals surface area contributed by atoms with Crippen molar-refractivity contribution in [3.63, 3.8) is 0 Å². The number of esters is 1. The molecule has 0 fully saturated rings. The summed E-state index contributed by atoms with van der Waals surface area (Å²) >= 11 is 1.40. The number of hydrogen-bond donors (Lipinski definition) is 1. The number of rotatable bonds is 5. The molecule has 3 rings (SSSR count). The molecule has 26 heavy (non-hydrogen) atoms. The van der Waals surface area contributed by atoms with Gasteiger partial charge in [0, 0.05) is 10.4 Å². The fourth-order valence-electron chi connectivity index (χ4n) is 3.06. The van der Waals surface area contributed by atoms with Crippen LogP contribution in [-0.2, 0) is 17.6 Å². The molecule has 0 radical (unpaired) electrons. The average molecular weight is 377 g/mol. The van der Waals surface area contributed by atoms with Crippen LogP contribution in [0.1, 0.15) is 50.9 Å². The van der Waals surface area contributed by atoms with E-state index >= 15 is 0 Å². The van der Waals surface area contributed by atoms with Gasteiger partial charge in [-0.2, -0.15) is 0 Å². The van der Waals surface area contributed by atoms with E-state index in [1.807, 2.05) is 0 Å². The molecule has 0 unspecified atom stereocenters. The molecule has 0 atom stereocenters. The number of nitrogens with one attached hydrogen (secondary N) is 1. The van der Waals surface area contributed by atoms with E-state index in [-0.39, 0.29) is 17.9 Å². The average Bonchev–Trinajstić information content (AvgIpc) is 2.99. The lowest BCUT2D eigenvalue weighted by Gasteiger charge is -2.12. The Bertz CT molecular complexity index is 846. The van der Waals surface area contributed by atoms with Gasteiger partial charge in [-0.05, 0) is 56.4 Å². The Morgan fingerprint density at radius 3 is 2.73 bits per heavy atom. The zero-order valence-electron chi connectivity index (χ0n) is 14.7. The summed E-state index contributed by atoms with van der Waals surface area (Å²) in [6.45, 7) is 2.01. The highest BCUT2D eigenvalue weighted by Crippen LogP contribution is 2.38. The maximum absolute atomic E-state index is 13.9. The van der Waals surface area contributed by atoms with E-state index in [9.17, 15) is 14.0 Å². The predicted molar refractivity (Wildman–Crippen MR) is 97.8 cm³/mol. The number of thiophene rings is 1. The number of hydrogen-bond acceptors (Lipinski definition) is 5. The number of fused-ring (bicyclic) bond motifs is 1. The zero-order valence-corrected chi connectivity index (χ0v) is 15.5. The van der Waals surface area contributed by atoms with Crippen molar-refractivity contribution < 1.29 is 23.5 Å². The molecule has 5 nitrogen and oxygen atoms in total. The molecule has 0 bridgehead atoms. The van der Waals surface area contributed by atoms with Gasteiger partial charge in [0.25, 0.3) is 5.91 Å². The molecule has 1 N–H and O–H groups in total. The van der Waals surface area contributed by atoms with Gasteiger partial charge in [-0.1, -0.05) is 0 Å². The summed E-state index contributed by atoms with van der Waals surface area (Å²) in [5, 5.41) is 3.23. The number of benzene rings is 1. The van der Waals surface area contributed by atoms with Crippen molar-refractivity contribution in [2.45, 2.75) is 32.6 Å². The first-order valence-corrected chi connectivity index (χ1v) is 9.33. The molecular formula is C19H20FNO4S. The normalized spacial score (nSPS) is 13.0. The second-order valence-electron chi connectivity index (χ2n) is 5.94. The number of halogens is 1. The number of methoxy groups -OCH3 is 1. The van der Waals surface area contributed by atoms with Gasteiger partial charge < -0.3 is 14.8 Å². The van der Waals surface area contributed by atoms with Gasteiger partial charge in [0.05, 0.1) is 19.3 Å². The van der Waals surface area contributed by atoms with E-state index in [1.54, 1.807) is 6.92 Å². The molecular weight excluding hydrogens is 357 g/mol. The van der Waals surface area contributed by atoms with Gasteiger partial charge in [0.2, 0.25) is 0 Å². The molecule has 138 valence electrons. The van der Waals surface area contributed by atoms with Gasteiger partial charge in [-0.3, -0.25) is 4.79 Å². The van der Waals surface area contributed by atoms with Crippen LogP contribution in [0.3, 0.4) is 0 Å².